The molecule has 0 aliphatic carbocycles. The molecule has 22 heavy (non-hydrogen) atoms. The van der Waals surface area contributed by atoms with E-state index in [4.69, 9.17) is 5.11 Å². The maximum atomic E-state index is 11.4. The Morgan fingerprint density at radius 3 is 2.05 bits per heavy atom. The molecule has 2 aromatic carbocycles. The summed E-state index contributed by atoms with van der Waals surface area (Å²) in [7, 11) is 0. The number of hydrogen-bond donors (Lipinski definition) is 2. The first-order chi connectivity index (χ1) is 10.6. The van der Waals surface area contributed by atoms with E-state index in [2.05, 4.69) is 15.5 Å². The molecule has 0 unspecified atom stereocenters. The number of aliphatic carboxylic acids is 1. The molecule has 2 aromatic rings. The molecule has 0 spiro atoms. The molecule has 6 heteroatoms. The van der Waals surface area contributed by atoms with Crippen molar-refractivity contribution >= 4 is 28.9 Å². The standard InChI is InChI=1S/C16H13N3O3/c20-15(10-11-16(21)22)17-12-6-8-14(9-7-12)19-18-13-4-2-1-3-5-13/h1-11H,(H,17,20)(H,21,22)/b11-10+,19-18?. The fourth-order valence-electron chi connectivity index (χ4n) is 1.55. The van der Waals surface area contributed by atoms with Gasteiger partial charge in [0, 0.05) is 17.8 Å². The molecule has 2 rings (SSSR count). The van der Waals surface area contributed by atoms with Gasteiger partial charge in [-0.1, -0.05) is 18.2 Å². The second-order valence-electron chi connectivity index (χ2n) is 4.24. The summed E-state index contributed by atoms with van der Waals surface area (Å²) < 4.78 is 0. The number of azo groups is 1. The van der Waals surface area contributed by atoms with Crippen LogP contribution in [0, 0.1) is 0 Å². The van der Waals surface area contributed by atoms with Gasteiger partial charge in [0.15, 0.2) is 0 Å². The summed E-state index contributed by atoms with van der Waals surface area (Å²) in [5.41, 5.74) is 1.93. The van der Waals surface area contributed by atoms with Crippen molar-refractivity contribution in [3.8, 4) is 0 Å². The van der Waals surface area contributed by atoms with Crippen LogP contribution in [0.2, 0.25) is 0 Å². The lowest BCUT2D eigenvalue weighted by Gasteiger charge is -2.01. The zero-order chi connectivity index (χ0) is 15.8. The highest BCUT2D eigenvalue weighted by Crippen LogP contribution is 2.19. The van der Waals surface area contributed by atoms with Crippen LogP contribution >= 0.6 is 0 Å². The maximum Gasteiger partial charge on any atom is 0.328 e. The number of carbonyl (C=O) groups is 2. The Morgan fingerprint density at radius 1 is 0.864 bits per heavy atom. The lowest BCUT2D eigenvalue weighted by atomic mass is 10.3. The number of rotatable bonds is 5. The third kappa shape index (κ3) is 5.01. The van der Waals surface area contributed by atoms with Crippen LogP contribution < -0.4 is 5.32 Å². The number of carboxylic acids is 1. The number of carbonyl (C=O) groups excluding carboxylic acids is 1. The van der Waals surface area contributed by atoms with Crippen molar-refractivity contribution in [1.29, 1.82) is 0 Å². The van der Waals surface area contributed by atoms with Crippen LogP contribution in [0.5, 0.6) is 0 Å². The van der Waals surface area contributed by atoms with E-state index in [0.717, 1.165) is 17.8 Å². The molecule has 1 amide bonds. The zero-order valence-electron chi connectivity index (χ0n) is 11.5. The molecule has 0 saturated carbocycles. The van der Waals surface area contributed by atoms with Crippen LogP contribution in [-0.2, 0) is 9.59 Å². The monoisotopic (exact) mass is 295 g/mol. The maximum absolute atomic E-state index is 11.4. The van der Waals surface area contributed by atoms with Gasteiger partial charge in [0.1, 0.15) is 0 Å². The van der Waals surface area contributed by atoms with Gasteiger partial charge in [0.25, 0.3) is 0 Å². The Morgan fingerprint density at radius 2 is 1.45 bits per heavy atom. The largest absolute Gasteiger partial charge is 0.478 e. The van der Waals surface area contributed by atoms with E-state index in [-0.39, 0.29) is 0 Å². The third-order valence-corrected chi connectivity index (χ3v) is 2.55. The molecular formula is C16H13N3O3. The molecule has 0 saturated heterocycles. The smallest absolute Gasteiger partial charge is 0.328 e. The Kier molecular flexibility index (Phi) is 5.15. The number of carboxylic acid groups (broad SMARTS) is 1. The van der Waals surface area contributed by atoms with E-state index in [1.807, 2.05) is 30.3 Å². The summed E-state index contributed by atoms with van der Waals surface area (Å²) in [5, 5.41) is 19.1. The van der Waals surface area contributed by atoms with Gasteiger partial charge in [-0.15, -0.1) is 0 Å². The van der Waals surface area contributed by atoms with Gasteiger partial charge < -0.3 is 10.4 Å². The number of hydrogen-bond acceptors (Lipinski definition) is 4. The minimum Gasteiger partial charge on any atom is -0.478 e. The zero-order valence-corrected chi connectivity index (χ0v) is 11.5. The summed E-state index contributed by atoms with van der Waals surface area (Å²) in [6.07, 6.45) is 1.73. The predicted molar refractivity (Wildman–Crippen MR) is 82.5 cm³/mol. The number of amides is 1. The van der Waals surface area contributed by atoms with Gasteiger partial charge in [-0.25, -0.2) is 4.79 Å². The Labute approximate surface area is 126 Å². The van der Waals surface area contributed by atoms with E-state index in [1.54, 1.807) is 24.3 Å². The lowest BCUT2D eigenvalue weighted by Crippen LogP contribution is -2.08. The number of anilines is 1. The van der Waals surface area contributed by atoms with E-state index in [0.29, 0.717) is 11.4 Å². The summed E-state index contributed by atoms with van der Waals surface area (Å²) in [6, 6.07) is 16.0. The van der Waals surface area contributed by atoms with Crippen molar-refractivity contribution in [3.63, 3.8) is 0 Å². The highest BCUT2D eigenvalue weighted by Gasteiger charge is 1.99. The van der Waals surface area contributed by atoms with Gasteiger partial charge in [0.2, 0.25) is 5.91 Å². The van der Waals surface area contributed by atoms with Crippen LogP contribution in [0.4, 0.5) is 17.1 Å². The molecule has 0 radical (unpaired) electrons. The highest BCUT2D eigenvalue weighted by atomic mass is 16.4. The summed E-state index contributed by atoms with van der Waals surface area (Å²) in [6.45, 7) is 0. The normalized spacial score (nSPS) is 10.9. The average Bonchev–Trinajstić information content (AvgIpc) is 2.53. The molecule has 0 heterocycles. The van der Waals surface area contributed by atoms with E-state index < -0.39 is 11.9 Å². The van der Waals surface area contributed by atoms with E-state index in [1.165, 1.54) is 0 Å². The van der Waals surface area contributed by atoms with E-state index >= 15 is 0 Å². The van der Waals surface area contributed by atoms with Crippen molar-refractivity contribution in [3.05, 3.63) is 66.7 Å². The van der Waals surface area contributed by atoms with Gasteiger partial charge in [-0.3, -0.25) is 4.79 Å². The molecule has 0 fully saturated rings. The Hall–Kier alpha value is -3.28. The number of nitrogens with one attached hydrogen (secondary N) is 1. The molecule has 110 valence electrons. The Bertz CT molecular complexity index is 707. The summed E-state index contributed by atoms with van der Waals surface area (Å²) >= 11 is 0. The number of nitrogens with zero attached hydrogens (tertiary/aromatic N) is 2. The van der Waals surface area contributed by atoms with Crippen molar-refractivity contribution in [2.75, 3.05) is 5.32 Å². The quantitative estimate of drug-likeness (QED) is 0.651. The summed E-state index contributed by atoms with van der Waals surface area (Å²) in [5.74, 6) is -1.69. The second-order valence-corrected chi connectivity index (χ2v) is 4.24. The van der Waals surface area contributed by atoms with Gasteiger partial charge >= 0.3 is 5.97 Å². The molecule has 0 aromatic heterocycles. The van der Waals surface area contributed by atoms with Gasteiger partial charge in [0.05, 0.1) is 11.4 Å². The first-order valence-corrected chi connectivity index (χ1v) is 6.42. The molecule has 6 nitrogen and oxygen atoms in total. The first kappa shape index (κ1) is 15.1. The average molecular weight is 295 g/mol. The minimum absolute atomic E-state index is 0.513. The number of benzene rings is 2. The predicted octanol–water partition coefficient (Wildman–Crippen LogP) is 3.68. The van der Waals surface area contributed by atoms with Crippen molar-refractivity contribution < 1.29 is 14.7 Å². The van der Waals surface area contributed by atoms with E-state index in [9.17, 15) is 9.59 Å². The Balaban J connectivity index is 1.97. The SMILES string of the molecule is O=C(O)/C=C/C(=O)Nc1ccc(N=Nc2ccccc2)cc1. The fraction of sp³-hybridized carbons (Fsp3) is 0. The van der Waals surface area contributed by atoms with Crippen LogP contribution in [0.15, 0.2) is 77.0 Å². The third-order valence-electron chi connectivity index (χ3n) is 2.55. The molecule has 0 atom stereocenters. The topological polar surface area (TPSA) is 91.1 Å². The van der Waals surface area contributed by atoms with Gasteiger partial charge in [-0.05, 0) is 36.4 Å². The molecule has 2 N–H and O–H groups in total. The van der Waals surface area contributed by atoms with Crippen molar-refractivity contribution in [2.45, 2.75) is 0 Å². The molecular weight excluding hydrogens is 282 g/mol. The lowest BCUT2D eigenvalue weighted by molar-refractivity contribution is -0.131. The van der Waals surface area contributed by atoms with Crippen LogP contribution in [0.25, 0.3) is 0 Å². The van der Waals surface area contributed by atoms with Crippen LogP contribution in [0.3, 0.4) is 0 Å². The minimum atomic E-state index is -1.17. The van der Waals surface area contributed by atoms with Crippen molar-refractivity contribution in [1.82, 2.24) is 0 Å². The highest BCUT2D eigenvalue weighted by molar-refractivity contribution is 6.02. The van der Waals surface area contributed by atoms with Crippen molar-refractivity contribution in [2.24, 2.45) is 10.2 Å². The molecule has 0 aliphatic heterocycles. The molecule has 0 aliphatic rings. The van der Waals surface area contributed by atoms with Gasteiger partial charge in [-0.2, -0.15) is 10.2 Å². The van der Waals surface area contributed by atoms with Crippen LogP contribution in [-0.4, -0.2) is 17.0 Å². The first-order valence-electron chi connectivity index (χ1n) is 6.42. The second kappa shape index (κ2) is 7.49. The fourth-order valence-corrected chi connectivity index (χ4v) is 1.55. The molecule has 0 bridgehead atoms. The van der Waals surface area contributed by atoms with Crippen LogP contribution in [0.1, 0.15) is 0 Å². The summed E-state index contributed by atoms with van der Waals surface area (Å²) in [4.78, 5) is 21.7.